The highest BCUT2D eigenvalue weighted by Crippen LogP contribution is 2.52. The number of hydrogen-bond donors (Lipinski definition) is 0. The van der Waals surface area contributed by atoms with Crippen LogP contribution in [0.5, 0.6) is 0 Å². The maximum atomic E-state index is 6.05. The molecule has 0 aliphatic heterocycles. The lowest BCUT2D eigenvalue weighted by Gasteiger charge is -2.41. The Morgan fingerprint density at radius 1 is 1.71 bits per heavy atom. The molecule has 2 aliphatic carbocycles. The van der Waals surface area contributed by atoms with Crippen molar-refractivity contribution in [1.82, 2.24) is 0 Å². The van der Waals surface area contributed by atoms with Crippen molar-refractivity contribution >= 4 is 11.6 Å². The molecular weight excluding hydrogens is 192 g/mol. The van der Waals surface area contributed by atoms with Crippen molar-refractivity contribution in [3.05, 3.63) is 23.3 Å². The maximum Gasteiger partial charge on any atom is 0.0143 e. The summed E-state index contributed by atoms with van der Waals surface area (Å²) in [6.45, 7) is 8.49. The van der Waals surface area contributed by atoms with Gasteiger partial charge in [-0.2, -0.15) is 0 Å². The predicted molar refractivity (Wildman–Crippen MR) is 62.3 cm³/mol. The molecule has 0 nitrogen and oxygen atoms in total. The smallest absolute Gasteiger partial charge is 0.0143 e. The zero-order valence-corrected chi connectivity index (χ0v) is 9.90. The minimum Gasteiger partial charge on any atom is -0.0895 e. The molecule has 0 heterocycles. The summed E-state index contributed by atoms with van der Waals surface area (Å²) in [6.07, 6.45) is 7.64. The van der Waals surface area contributed by atoms with Crippen molar-refractivity contribution in [3.8, 4) is 0 Å². The third kappa shape index (κ3) is 1.65. The Labute approximate surface area is 92.0 Å². The van der Waals surface area contributed by atoms with Crippen LogP contribution in [-0.4, -0.2) is 0 Å². The Bertz CT molecular complexity index is 290. The molecule has 1 saturated carbocycles. The molecule has 0 aromatic heterocycles. The summed E-state index contributed by atoms with van der Waals surface area (Å²) in [5.74, 6) is 1.33. The van der Waals surface area contributed by atoms with Crippen LogP contribution in [-0.2, 0) is 0 Å². The van der Waals surface area contributed by atoms with E-state index in [9.17, 15) is 0 Å². The van der Waals surface area contributed by atoms with Gasteiger partial charge in [-0.25, -0.2) is 0 Å². The Morgan fingerprint density at radius 2 is 2.43 bits per heavy atom. The average Bonchev–Trinajstić information content (AvgIpc) is 2.44. The zero-order chi connectivity index (χ0) is 10.3. The largest absolute Gasteiger partial charge is 0.0895 e. The molecule has 78 valence electrons. The van der Waals surface area contributed by atoms with E-state index in [1.165, 1.54) is 25.7 Å². The van der Waals surface area contributed by atoms with E-state index in [1.54, 1.807) is 5.57 Å². The lowest BCUT2D eigenvalue weighted by Crippen LogP contribution is -2.31. The SMILES string of the molecule is C=C(Cl)C(C)C1(C)CC2=CCC(C2)C1. The van der Waals surface area contributed by atoms with Gasteiger partial charge < -0.3 is 0 Å². The summed E-state index contributed by atoms with van der Waals surface area (Å²) in [7, 11) is 0. The van der Waals surface area contributed by atoms with E-state index < -0.39 is 0 Å². The molecule has 0 spiro atoms. The van der Waals surface area contributed by atoms with Crippen molar-refractivity contribution in [2.45, 2.75) is 39.5 Å². The molecule has 0 N–H and O–H groups in total. The van der Waals surface area contributed by atoms with Gasteiger partial charge in [0.25, 0.3) is 0 Å². The average molecular weight is 211 g/mol. The van der Waals surface area contributed by atoms with Gasteiger partial charge in [0, 0.05) is 5.03 Å². The molecule has 2 aliphatic rings. The summed E-state index contributed by atoms with van der Waals surface area (Å²) < 4.78 is 0. The molecule has 14 heavy (non-hydrogen) atoms. The number of fused-ring (bicyclic) bond motifs is 2. The lowest BCUT2D eigenvalue weighted by molar-refractivity contribution is 0.157. The van der Waals surface area contributed by atoms with Crippen LogP contribution in [0.3, 0.4) is 0 Å². The third-order valence-corrected chi connectivity index (χ3v) is 4.52. The molecule has 1 heteroatoms. The normalized spacial score (nSPS) is 37.9. The number of halogens is 1. The Kier molecular flexibility index (Phi) is 2.51. The van der Waals surface area contributed by atoms with Crippen molar-refractivity contribution in [2.75, 3.05) is 0 Å². The first-order valence-corrected chi connectivity index (χ1v) is 5.91. The molecule has 0 saturated heterocycles. The standard InChI is InChI=1S/C13H19Cl/c1-9(10(2)14)13(3)7-11-4-5-12(6-11)8-13/h4,9,12H,2,5-8H2,1,3H3. The highest BCUT2D eigenvalue weighted by Gasteiger charge is 2.40. The monoisotopic (exact) mass is 210 g/mol. The topological polar surface area (TPSA) is 0 Å². The van der Waals surface area contributed by atoms with Crippen molar-refractivity contribution in [3.63, 3.8) is 0 Å². The fourth-order valence-corrected chi connectivity index (χ4v) is 3.39. The summed E-state index contributed by atoms with van der Waals surface area (Å²) >= 11 is 6.05. The van der Waals surface area contributed by atoms with Crippen LogP contribution in [0, 0.1) is 17.3 Å². The van der Waals surface area contributed by atoms with Gasteiger partial charge in [0.05, 0.1) is 0 Å². The minimum absolute atomic E-state index is 0.365. The van der Waals surface area contributed by atoms with Crippen LogP contribution < -0.4 is 0 Å². The second kappa shape index (κ2) is 3.41. The Balaban J connectivity index is 2.17. The third-order valence-electron chi connectivity index (χ3n) is 4.19. The molecular formula is C13H19Cl. The molecule has 0 aromatic rings. The van der Waals surface area contributed by atoms with Gasteiger partial charge in [-0.05, 0) is 42.9 Å². The number of allylic oxidation sites excluding steroid dienone is 3. The van der Waals surface area contributed by atoms with Crippen LogP contribution in [0.25, 0.3) is 0 Å². The fourth-order valence-electron chi connectivity index (χ4n) is 3.13. The number of rotatable bonds is 2. The van der Waals surface area contributed by atoms with E-state index in [1.807, 2.05) is 0 Å². The Hall–Kier alpha value is -0.230. The quantitative estimate of drug-likeness (QED) is 0.589. The van der Waals surface area contributed by atoms with Gasteiger partial charge in [0.2, 0.25) is 0 Å². The zero-order valence-electron chi connectivity index (χ0n) is 9.15. The van der Waals surface area contributed by atoms with E-state index in [-0.39, 0.29) is 0 Å². The lowest BCUT2D eigenvalue weighted by atomic mass is 9.65. The van der Waals surface area contributed by atoms with Crippen LogP contribution in [0.2, 0.25) is 0 Å². The van der Waals surface area contributed by atoms with Crippen molar-refractivity contribution < 1.29 is 0 Å². The van der Waals surface area contributed by atoms with Gasteiger partial charge in [-0.1, -0.05) is 43.7 Å². The molecule has 2 rings (SSSR count). The van der Waals surface area contributed by atoms with Gasteiger partial charge in [0.1, 0.15) is 0 Å². The van der Waals surface area contributed by atoms with E-state index in [0.717, 1.165) is 11.0 Å². The van der Waals surface area contributed by atoms with Gasteiger partial charge in [-0.15, -0.1) is 0 Å². The first-order valence-electron chi connectivity index (χ1n) is 5.53. The molecule has 0 aromatic carbocycles. The maximum absolute atomic E-state index is 6.05. The van der Waals surface area contributed by atoms with Gasteiger partial charge in [0.15, 0.2) is 0 Å². The number of hydrogen-bond acceptors (Lipinski definition) is 0. The van der Waals surface area contributed by atoms with E-state index in [0.29, 0.717) is 11.3 Å². The van der Waals surface area contributed by atoms with E-state index in [4.69, 9.17) is 11.6 Å². The highest BCUT2D eigenvalue weighted by molar-refractivity contribution is 6.29. The summed E-state index contributed by atoms with van der Waals surface area (Å²) in [5, 5.41) is 0.828. The van der Waals surface area contributed by atoms with Gasteiger partial charge in [-0.3, -0.25) is 0 Å². The summed E-state index contributed by atoms with van der Waals surface area (Å²) in [6, 6.07) is 0. The molecule has 3 unspecified atom stereocenters. The first kappa shape index (κ1) is 10.3. The second-order valence-corrected chi connectivity index (χ2v) is 5.86. The van der Waals surface area contributed by atoms with Crippen LogP contribution in [0.4, 0.5) is 0 Å². The highest BCUT2D eigenvalue weighted by atomic mass is 35.5. The molecule has 0 radical (unpaired) electrons. The van der Waals surface area contributed by atoms with Crippen LogP contribution in [0.1, 0.15) is 39.5 Å². The van der Waals surface area contributed by atoms with E-state index in [2.05, 4.69) is 26.5 Å². The second-order valence-electron chi connectivity index (χ2n) is 5.37. The van der Waals surface area contributed by atoms with Gasteiger partial charge >= 0.3 is 0 Å². The van der Waals surface area contributed by atoms with Crippen LogP contribution in [0.15, 0.2) is 23.3 Å². The minimum atomic E-state index is 0.365. The van der Waals surface area contributed by atoms with E-state index >= 15 is 0 Å². The predicted octanol–water partition coefficient (Wildman–Crippen LogP) is 4.51. The molecule has 2 bridgehead atoms. The molecule has 0 amide bonds. The molecule has 3 atom stereocenters. The summed E-state index contributed by atoms with van der Waals surface area (Å²) in [5.41, 5.74) is 2.03. The first-order chi connectivity index (χ1) is 6.51. The van der Waals surface area contributed by atoms with Crippen LogP contribution >= 0.6 is 11.6 Å². The Morgan fingerprint density at radius 3 is 3.00 bits per heavy atom. The summed E-state index contributed by atoms with van der Waals surface area (Å²) in [4.78, 5) is 0. The van der Waals surface area contributed by atoms with Crippen molar-refractivity contribution in [1.29, 1.82) is 0 Å². The molecule has 1 fully saturated rings. The van der Waals surface area contributed by atoms with Crippen molar-refractivity contribution in [2.24, 2.45) is 17.3 Å². The fraction of sp³-hybridized carbons (Fsp3) is 0.692.